The molecule has 0 spiro atoms. The first kappa shape index (κ1) is 11.7. The molecule has 0 aliphatic rings. The predicted octanol–water partition coefficient (Wildman–Crippen LogP) is 4.78. The van der Waals surface area contributed by atoms with Gasteiger partial charge in [0.15, 0.2) is 0 Å². The third-order valence-corrected chi connectivity index (χ3v) is 4.13. The SMILES string of the molecule is Brc1ccccc1CCSc1ccccc1. The van der Waals surface area contributed by atoms with Crippen LogP contribution in [0.5, 0.6) is 0 Å². The standard InChI is InChI=1S/C14H13BrS/c15-14-9-5-4-6-12(14)10-11-16-13-7-2-1-3-8-13/h1-9H,10-11H2. The van der Waals surface area contributed by atoms with Crippen molar-refractivity contribution in [3.63, 3.8) is 0 Å². The zero-order valence-electron chi connectivity index (χ0n) is 8.90. The molecule has 0 amide bonds. The van der Waals surface area contributed by atoms with E-state index in [4.69, 9.17) is 0 Å². The summed E-state index contributed by atoms with van der Waals surface area (Å²) in [4.78, 5) is 1.34. The Labute approximate surface area is 109 Å². The monoisotopic (exact) mass is 292 g/mol. The second kappa shape index (κ2) is 6.12. The van der Waals surface area contributed by atoms with Crippen molar-refractivity contribution in [2.45, 2.75) is 11.3 Å². The van der Waals surface area contributed by atoms with E-state index in [1.165, 1.54) is 14.9 Å². The molecular formula is C14H13BrS. The minimum absolute atomic E-state index is 1.10. The number of halogens is 1. The highest BCUT2D eigenvalue weighted by Crippen LogP contribution is 2.21. The van der Waals surface area contributed by atoms with Crippen LogP contribution in [-0.2, 0) is 6.42 Å². The lowest BCUT2D eigenvalue weighted by Crippen LogP contribution is -1.89. The first-order valence-electron chi connectivity index (χ1n) is 5.27. The lowest BCUT2D eigenvalue weighted by molar-refractivity contribution is 1.14. The molecule has 0 heterocycles. The third kappa shape index (κ3) is 3.39. The Balaban J connectivity index is 1.87. The number of aryl methyl sites for hydroxylation is 1. The highest BCUT2D eigenvalue weighted by molar-refractivity contribution is 9.10. The minimum atomic E-state index is 1.10. The zero-order chi connectivity index (χ0) is 11.2. The van der Waals surface area contributed by atoms with Crippen molar-refractivity contribution >= 4 is 27.7 Å². The van der Waals surface area contributed by atoms with Gasteiger partial charge >= 0.3 is 0 Å². The molecule has 2 rings (SSSR count). The van der Waals surface area contributed by atoms with Gasteiger partial charge in [0.25, 0.3) is 0 Å². The summed E-state index contributed by atoms with van der Waals surface area (Å²) < 4.78 is 1.21. The molecule has 0 aliphatic heterocycles. The van der Waals surface area contributed by atoms with E-state index < -0.39 is 0 Å². The number of thioether (sulfide) groups is 1. The second-order valence-corrected chi connectivity index (χ2v) is 5.53. The fraction of sp³-hybridized carbons (Fsp3) is 0.143. The van der Waals surface area contributed by atoms with E-state index >= 15 is 0 Å². The van der Waals surface area contributed by atoms with E-state index in [9.17, 15) is 0 Å². The van der Waals surface area contributed by atoms with Gasteiger partial charge in [0, 0.05) is 15.1 Å². The van der Waals surface area contributed by atoms with Crippen LogP contribution in [-0.4, -0.2) is 5.75 Å². The highest BCUT2D eigenvalue weighted by atomic mass is 79.9. The molecule has 0 atom stereocenters. The van der Waals surface area contributed by atoms with Gasteiger partial charge < -0.3 is 0 Å². The van der Waals surface area contributed by atoms with Crippen LogP contribution in [0, 0.1) is 0 Å². The van der Waals surface area contributed by atoms with Gasteiger partial charge in [-0.05, 0) is 30.2 Å². The summed E-state index contributed by atoms with van der Waals surface area (Å²) in [5.41, 5.74) is 1.38. The van der Waals surface area contributed by atoms with Crippen LogP contribution in [0.4, 0.5) is 0 Å². The highest BCUT2D eigenvalue weighted by Gasteiger charge is 1.98. The van der Waals surface area contributed by atoms with Crippen LogP contribution >= 0.6 is 27.7 Å². The second-order valence-electron chi connectivity index (χ2n) is 3.50. The van der Waals surface area contributed by atoms with Crippen molar-refractivity contribution in [1.29, 1.82) is 0 Å². The fourth-order valence-corrected chi connectivity index (χ4v) is 2.89. The van der Waals surface area contributed by atoms with E-state index in [0.29, 0.717) is 0 Å². The molecule has 0 aromatic heterocycles. The summed E-state index contributed by atoms with van der Waals surface area (Å²) in [6, 6.07) is 19.0. The van der Waals surface area contributed by atoms with E-state index in [0.717, 1.165) is 12.2 Å². The molecule has 0 saturated heterocycles. The quantitative estimate of drug-likeness (QED) is 0.731. The summed E-state index contributed by atoms with van der Waals surface area (Å²) >= 11 is 5.48. The molecular weight excluding hydrogens is 280 g/mol. The average Bonchev–Trinajstić information content (AvgIpc) is 2.33. The van der Waals surface area contributed by atoms with Gasteiger partial charge in [-0.1, -0.05) is 52.3 Å². The Hall–Kier alpha value is -0.730. The lowest BCUT2D eigenvalue weighted by atomic mass is 10.2. The number of hydrogen-bond acceptors (Lipinski definition) is 1. The summed E-state index contributed by atoms with van der Waals surface area (Å²) in [7, 11) is 0. The van der Waals surface area contributed by atoms with E-state index in [2.05, 4.69) is 70.5 Å². The molecule has 2 heteroatoms. The van der Waals surface area contributed by atoms with Crippen LogP contribution in [0.2, 0.25) is 0 Å². The summed E-state index contributed by atoms with van der Waals surface area (Å²) in [6.45, 7) is 0. The lowest BCUT2D eigenvalue weighted by Gasteiger charge is -2.04. The Bertz CT molecular complexity index is 439. The maximum absolute atomic E-state index is 3.57. The molecule has 0 nitrogen and oxygen atoms in total. The predicted molar refractivity (Wildman–Crippen MR) is 75.0 cm³/mol. The van der Waals surface area contributed by atoms with Crippen molar-refractivity contribution < 1.29 is 0 Å². The van der Waals surface area contributed by atoms with Gasteiger partial charge in [0.05, 0.1) is 0 Å². The average molecular weight is 293 g/mol. The Kier molecular flexibility index (Phi) is 4.49. The first-order valence-corrected chi connectivity index (χ1v) is 7.05. The Morgan fingerprint density at radius 2 is 1.56 bits per heavy atom. The molecule has 0 N–H and O–H groups in total. The van der Waals surface area contributed by atoms with Crippen LogP contribution in [0.15, 0.2) is 64.0 Å². The van der Waals surface area contributed by atoms with Gasteiger partial charge in [0.2, 0.25) is 0 Å². The van der Waals surface area contributed by atoms with Gasteiger partial charge in [-0.15, -0.1) is 11.8 Å². The maximum atomic E-state index is 3.57. The van der Waals surface area contributed by atoms with E-state index in [1.807, 2.05) is 11.8 Å². The summed E-state index contributed by atoms with van der Waals surface area (Å²) in [5.74, 6) is 1.12. The molecule has 0 fully saturated rings. The normalized spacial score (nSPS) is 10.3. The maximum Gasteiger partial charge on any atom is 0.0207 e. The van der Waals surface area contributed by atoms with Gasteiger partial charge in [-0.25, -0.2) is 0 Å². The fourth-order valence-electron chi connectivity index (χ4n) is 1.50. The van der Waals surface area contributed by atoms with Gasteiger partial charge in [-0.2, -0.15) is 0 Å². The number of hydrogen-bond donors (Lipinski definition) is 0. The van der Waals surface area contributed by atoms with Crippen LogP contribution in [0.1, 0.15) is 5.56 Å². The van der Waals surface area contributed by atoms with Crippen LogP contribution in [0.25, 0.3) is 0 Å². The van der Waals surface area contributed by atoms with E-state index in [-0.39, 0.29) is 0 Å². The molecule has 0 saturated carbocycles. The Morgan fingerprint density at radius 3 is 2.31 bits per heavy atom. The van der Waals surface area contributed by atoms with Crippen molar-refractivity contribution in [2.75, 3.05) is 5.75 Å². The van der Waals surface area contributed by atoms with Gasteiger partial charge in [0.1, 0.15) is 0 Å². The summed E-state index contributed by atoms with van der Waals surface area (Å²) in [5, 5.41) is 0. The van der Waals surface area contributed by atoms with Crippen molar-refractivity contribution in [3.05, 3.63) is 64.6 Å². The largest absolute Gasteiger partial charge is 0.126 e. The van der Waals surface area contributed by atoms with E-state index in [1.54, 1.807) is 0 Å². The van der Waals surface area contributed by atoms with Crippen LogP contribution in [0.3, 0.4) is 0 Å². The first-order chi connectivity index (χ1) is 7.86. The zero-order valence-corrected chi connectivity index (χ0v) is 11.3. The molecule has 82 valence electrons. The molecule has 2 aromatic rings. The van der Waals surface area contributed by atoms with Gasteiger partial charge in [-0.3, -0.25) is 0 Å². The molecule has 0 radical (unpaired) electrons. The number of benzene rings is 2. The molecule has 0 bridgehead atoms. The van der Waals surface area contributed by atoms with Crippen molar-refractivity contribution in [1.82, 2.24) is 0 Å². The van der Waals surface area contributed by atoms with Crippen LogP contribution < -0.4 is 0 Å². The smallest absolute Gasteiger partial charge is 0.0207 e. The molecule has 2 aromatic carbocycles. The Morgan fingerprint density at radius 1 is 0.875 bits per heavy atom. The third-order valence-electron chi connectivity index (χ3n) is 2.34. The summed E-state index contributed by atoms with van der Waals surface area (Å²) in [6.07, 6.45) is 1.10. The van der Waals surface area contributed by atoms with Crippen molar-refractivity contribution in [3.8, 4) is 0 Å². The van der Waals surface area contributed by atoms with Crippen molar-refractivity contribution in [2.24, 2.45) is 0 Å². The topological polar surface area (TPSA) is 0 Å². The molecule has 16 heavy (non-hydrogen) atoms. The molecule has 0 unspecified atom stereocenters. The molecule has 0 aliphatic carbocycles. The number of rotatable bonds is 4. The minimum Gasteiger partial charge on any atom is -0.126 e.